The molecule has 3 heterocycles. The molecule has 26 heavy (non-hydrogen) atoms. The number of nitrogens with zero attached hydrogens (tertiary/aromatic N) is 5. The Bertz CT molecular complexity index is 781. The molecule has 5 nitrogen and oxygen atoms in total. The average molecular weight is 349 g/mol. The van der Waals surface area contributed by atoms with Crippen LogP contribution in [-0.4, -0.2) is 41.0 Å². The Morgan fingerprint density at radius 1 is 1.27 bits per heavy atom. The molecule has 0 unspecified atom stereocenters. The molecule has 1 aliphatic rings. The Hall–Kier alpha value is -2.45. The molecule has 0 amide bonds. The standard InChI is InChI=1S/C21H27N5/c1-16-13-21(20(14-22)17(2)24-16)26-11-6-8-19(9-12-26)25(3)15-18-7-4-5-10-23-18/h4-5,7,10,13,19H,6,8-9,11-12,15H2,1-3H3/t19-/m1/s1. The molecule has 5 heteroatoms. The van der Waals surface area contributed by atoms with Crippen LogP contribution in [0.3, 0.4) is 0 Å². The maximum Gasteiger partial charge on any atom is 0.103 e. The summed E-state index contributed by atoms with van der Waals surface area (Å²) < 4.78 is 0. The van der Waals surface area contributed by atoms with Gasteiger partial charge in [-0.1, -0.05) is 6.07 Å². The number of aromatic nitrogens is 2. The molecule has 136 valence electrons. The average Bonchev–Trinajstić information content (AvgIpc) is 2.88. The van der Waals surface area contributed by atoms with Gasteiger partial charge in [0.15, 0.2) is 0 Å². The Kier molecular flexibility index (Phi) is 5.85. The minimum Gasteiger partial charge on any atom is -0.370 e. The van der Waals surface area contributed by atoms with E-state index in [9.17, 15) is 5.26 Å². The first-order valence-corrected chi connectivity index (χ1v) is 9.32. The van der Waals surface area contributed by atoms with Gasteiger partial charge in [-0.3, -0.25) is 14.9 Å². The van der Waals surface area contributed by atoms with Gasteiger partial charge < -0.3 is 4.90 Å². The van der Waals surface area contributed by atoms with Crippen molar-refractivity contribution in [3.8, 4) is 6.07 Å². The highest BCUT2D eigenvalue weighted by atomic mass is 15.2. The van der Waals surface area contributed by atoms with Crippen LogP contribution < -0.4 is 4.90 Å². The second-order valence-corrected chi connectivity index (χ2v) is 7.16. The topological polar surface area (TPSA) is 56.0 Å². The van der Waals surface area contributed by atoms with Gasteiger partial charge in [0, 0.05) is 37.6 Å². The van der Waals surface area contributed by atoms with Crippen molar-refractivity contribution >= 4 is 5.69 Å². The van der Waals surface area contributed by atoms with Crippen LogP contribution in [0, 0.1) is 25.2 Å². The highest BCUT2D eigenvalue weighted by Crippen LogP contribution is 2.27. The number of nitriles is 1. The number of hydrogen-bond donors (Lipinski definition) is 0. The highest BCUT2D eigenvalue weighted by Gasteiger charge is 2.23. The van der Waals surface area contributed by atoms with Crippen molar-refractivity contribution in [1.29, 1.82) is 5.26 Å². The van der Waals surface area contributed by atoms with Crippen LogP contribution in [0.25, 0.3) is 0 Å². The quantitative estimate of drug-likeness (QED) is 0.846. The molecule has 0 aromatic carbocycles. The van der Waals surface area contributed by atoms with E-state index in [4.69, 9.17) is 0 Å². The number of rotatable bonds is 4. The molecule has 0 spiro atoms. The van der Waals surface area contributed by atoms with Crippen molar-refractivity contribution < 1.29 is 0 Å². The summed E-state index contributed by atoms with van der Waals surface area (Å²) in [5, 5.41) is 9.56. The van der Waals surface area contributed by atoms with Gasteiger partial charge in [0.05, 0.1) is 22.6 Å². The molecule has 1 saturated heterocycles. The molecule has 0 aliphatic carbocycles. The Morgan fingerprint density at radius 3 is 2.85 bits per heavy atom. The zero-order valence-electron chi connectivity index (χ0n) is 15.9. The van der Waals surface area contributed by atoms with Crippen LogP contribution >= 0.6 is 0 Å². The monoisotopic (exact) mass is 349 g/mol. The molecule has 0 N–H and O–H groups in total. The summed E-state index contributed by atoms with van der Waals surface area (Å²) in [6.45, 7) is 6.76. The van der Waals surface area contributed by atoms with E-state index in [-0.39, 0.29) is 0 Å². The fraction of sp³-hybridized carbons (Fsp3) is 0.476. The first-order valence-electron chi connectivity index (χ1n) is 9.32. The van der Waals surface area contributed by atoms with Crippen LogP contribution in [-0.2, 0) is 6.54 Å². The Balaban J connectivity index is 1.70. The van der Waals surface area contributed by atoms with E-state index in [0.717, 1.165) is 60.8 Å². The number of pyridine rings is 2. The predicted molar refractivity (Wildman–Crippen MR) is 104 cm³/mol. The Morgan fingerprint density at radius 2 is 2.12 bits per heavy atom. The predicted octanol–water partition coefficient (Wildman–Crippen LogP) is 3.46. The molecule has 0 saturated carbocycles. The first-order chi connectivity index (χ1) is 12.6. The van der Waals surface area contributed by atoms with Gasteiger partial charge in [-0.15, -0.1) is 0 Å². The maximum atomic E-state index is 9.56. The lowest BCUT2D eigenvalue weighted by Crippen LogP contribution is -2.33. The fourth-order valence-electron chi connectivity index (χ4n) is 3.83. The minimum absolute atomic E-state index is 0.538. The molecule has 3 rings (SSSR count). The van der Waals surface area contributed by atoms with Crippen LogP contribution in [0.1, 0.15) is 41.9 Å². The van der Waals surface area contributed by atoms with E-state index < -0.39 is 0 Å². The third kappa shape index (κ3) is 4.20. The van der Waals surface area contributed by atoms with E-state index >= 15 is 0 Å². The highest BCUT2D eigenvalue weighted by molar-refractivity contribution is 5.61. The minimum atomic E-state index is 0.538. The maximum absolute atomic E-state index is 9.56. The van der Waals surface area contributed by atoms with Gasteiger partial charge >= 0.3 is 0 Å². The van der Waals surface area contributed by atoms with Crippen LogP contribution in [0.15, 0.2) is 30.5 Å². The van der Waals surface area contributed by atoms with E-state index in [0.29, 0.717) is 6.04 Å². The van der Waals surface area contributed by atoms with Crippen LogP contribution in [0.4, 0.5) is 5.69 Å². The lowest BCUT2D eigenvalue weighted by molar-refractivity contribution is 0.215. The molecule has 2 aromatic heterocycles. The van der Waals surface area contributed by atoms with E-state index in [2.05, 4.69) is 45.0 Å². The molecule has 1 fully saturated rings. The third-order valence-corrected chi connectivity index (χ3v) is 5.22. The molecular formula is C21H27N5. The van der Waals surface area contributed by atoms with Crippen LogP contribution in [0.2, 0.25) is 0 Å². The van der Waals surface area contributed by atoms with E-state index in [1.54, 1.807) is 0 Å². The first kappa shape index (κ1) is 18.3. The molecule has 0 bridgehead atoms. The fourth-order valence-corrected chi connectivity index (χ4v) is 3.83. The van der Waals surface area contributed by atoms with Crippen molar-refractivity contribution in [2.24, 2.45) is 0 Å². The summed E-state index contributed by atoms with van der Waals surface area (Å²) in [5.74, 6) is 0. The van der Waals surface area contributed by atoms with E-state index in [1.165, 1.54) is 6.42 Å². The zero-order chi connectivity index (χ0) is 18.5. The Labute approximate surface area is 156 Å². The summed E-state index contributed by atoms with van der Waals surface area (Å²) in [6, 6.07) is 11.0. The lowest BCUT2D eigenvalue weighted by Gasteiger charge is -2.28. The normalized spacial score (nSPS) is 17.8. The zero-order valence-corrected chi connectivity index (χ0v) is 15.9. The van der Waals surface area contributed by atoms with Gasteiger partial charge in [0.1, 0.15) is 6.07 Å². The summed E-state index contributed by atoms with van der Waals surface area (Å²) >= 11 is 0. The number of hydrogen-bond acceptors (Lipinski definition) is 5. The second-order valence-electron chi connectivity index (χ2n) is 7.16. The van der Waals surface area contributed by atoms with Gasteiger partial charge in [-0.25, -0.2) is 0 Å². The molecule has 1 atom stereocenters. The van der Waals surface area contributed by atoms with Crippen molar-refractivity contribution in [1.82, 2.24) is 14.9 Å². The summed E-state index contributed by atoms with van der Waals surface area (Å²) in [5.41, 5.74) is 4.69. The van der Waals surface area contributed by atoms with Crippen LogP contribution in [0.5, 0.6) is 0 Å². The van der Waals surface area contributed by atoms with Gasteiger partial charge in [0.2, 0.25) is 0 Å². The van der Waals surface area contributed by atoms with Crippen molar-refractivity contribution in [3.63, 3.8) is 0 Å². The molecule has 2 aromatic rings. The SMILES string of the molecule is Cc1cc(N2CCC[C@@H](N(C)Cc3ccccn3)CC2)c(C#N)c(C)n1. The van der Waals surface area contributed by atoms with Crippen molar-refractivity contribution in [3.05, 3.63) is 53.1 Å². The number of anilines is 1. The van der Waals surface area contributed by atoms with E-state index in [1.807, 2.05) is 32.2 Å². The lowest BCUT2D eigenvalue weighted by atomic mass is 10.1. The van der Waals surface area contributed by atoms with Gasteiger partial charge in [-0.05, 0) is 58.4 Å². The molecule has 1 aliphatic heterocycles. The largest absolute Gasteiger partial charge is 0.370 e. The smallest absolute Gasteiger partial charge is 0.103 e. The summed E-state index contributed by atoms with van der Waals surface area (Å²) in [6.07, 6.45) is 5.25. The van der Waals surface area contributed by atoms with Crippen molar-refractivity contribution in [2.75, 3.05) is 25.0 Å². The number of aryl methyl sites for hydroxylation is 2. The molecule has 0 radical (unpaired) electrons. The van der Waals surface area contributed by atoms with Crippen molar-refractivity contribution in [2.45, 2.75) is 45.7 Å². The summed E-state index contributed by atoms with van der Waals surface area (Å²) in [7, 11) is 2.19. The summed E-state index contributed by atoms with van der Waals surface area (Å²) in [4.78, 5) is 13.7. The third-order valence-electron chi connectivity index (χ3n) is 5.22. The second kappa shape index (κ2) is 8.29. The van der Waals surface area contributed by atoms with Gasteiger partial charge in [0.25, 0.3) is 0 Å². The molecular weight excluding hydrogens is 322 g/mol. The van der Waals surface area contributed by atoms with Gasteiger partial charge in [-0.2, -0.15) is 5.26 Å².